The molecular weight excluding hydrogens is 322 g/mol. The second-order valence-corrected chi connectivity index (χ2v) is 6.62. The molecule has 1 atom stereocenters. The summed E-state index contributed by atoms with van der Waals surface area (Å²) < 4.78 is 28.3. The Bertz CT molecular complexity index is 760. The summed E-state index contributed by atoms with van der Waals surface area (Å²) in [6.45, 7) is 1.91. The summed E-state index contributed by atoms with van der Waals surface area (Å²) >= 11 is 0. The molecule has 1 aromatic carbocycles. The smallest absolute Gasteiger partial charge is 0.321 e. The van der Waals surface area contributed by atoms with Gasteiger partial charge in [-0.15, -0.1) is 5.10 Å². The molecule has 0 bridgehead atoms. The van der Waals surface area contributed by atoms with Crippen LogP contribution in [0.3, 0.4) is 0 Å². The van der Waals surface area contributed by atoms with Gasteiger partial charge in [0.05, 0.1) is 10.6 Å². The van der Waals surface area contributed by atoms with Gasteiger partial charge in [0.25, 0.3) is 0 Å². The number of nitrogens with zero attached hydrogens (tertiary/aromatic N) is 4. The summed E-state index contributed by atoms with van der Waals surface area (Å²) in [5.74, 6) is -1.20. The van der Waals surface area contributed by atoms with E-state index in [4.69, 9.17) is 5.11 Å². The van der Waals surface area contributed by atoms with E-state index in [1.165, 1.54) is 29.2 Å². The van der Waals surface area contributed by atoms with Gasteiger partial charge in [0.1, 0.15) is 12.4 Å². The van der Waals surface area contributed by atoms with Crippen LogP contribution in [0.25, 0.3) is 5.69 Å². The molecule has 2 aromatic rings. The molecule has 0 fully saturated rings. The van der Waals surface area contributed by atoms with E-state index in [1.54, 1.807) is 6.07 Å². The largest absolute Gasteiger partial charge is 0.480 e. The minimum atomic E-state index is -3.96. The maximum Gasteiger partial charge on any atom is 0.321 e. The first-order valence-corrected chi connectivity index (χ1v) is 8.51. The van der Waals surface area contributed by atoms with E-state index in [9.17, 15) is 13.2 Å². The first kappa shape index (κ1) is 17.0. The molecule has 10 heteroatoms. The fourth-order valence-corrected chi connectivity index (χ4v) is 3.23. The lowest BCUT2D eigenvalue weighted by Gasteiger charge is -2.14. The lowest BCUT2D eigenvalue weighted by molar-refractivity contribution is -0.139. The Labute approximate surface area is 133 Å². The van der Waals surface area contributed by atoms with Crippen molar-refractivity contribution in [2.45, 2.75) is 37.1 Å². The minimum Gasteiger partial charge on any atom is -0.480 e. The van der Waals surface area contributed by atoms with Crippen LogP contribution in [0.1, 0.15) is 26.2 Å². The third-order valence-corrected chi connectivity index (χ3v) is 4.65. The highest BCUT2D eigenvalue weighted by Gasteiger charge is 2.25. The number of unbranched alkanes of at least 4 members (excludes halogenated alkanes) is 1. The number of nitrogens with one attached hydrogen (secondary N) is 1. The van der Waals surface area contributed by atoms with E-state index in [2.05, 4.69) is 20.2 Å². The third kappa shape index (κ3) is 4.33. The molecule has 124 valence electrons. The zero-order chi connectivity index (χ0) is 16.9. The summed E-state index contributed by atoms with van der Waals surface area (Å²) in [5.41, 5.74) is 0.457. The monoisotopic (exact) mass is 339 g/mol. The second-order valence-electron chi connectivity index (χ2n) is 4.91. The Morgan fingerprint density at radius 3 is 2.83 bits per heavy atom. The van der Waals surface area contributed by atoms with Crippen molar-refractivity contribution in [1.29, 1.82) is 0 Å². The van der Waals surface area contributed by atoms with Gasteiger partial charge in [-0.3, -0.25) is 4.79 Å². The van der Waals surface area contributed by atoms with Crippen molar-refractivity contribution in [3.8, 4) is 5.69 Å². The number of hydrogen-bond acceptors (Lipinski definition) is 6. The standard InChI is InChI=1S/C13H17N5O4S/c1-2-3-7-12(13(19)20)15-23(21,22)11-6-4-5-10(8-11)18-9-14-16-17-18/h4-6,8-9,12,15H,2-3,7H2,1H3,(H,19,20). The normalized spacial score (nSPS) is 12.9. The van der Waals surface area contributed by atoms with E-state index >= 15 is 0 Å². The highest BCUT2D eigenvalue weighted by molar-refractivity contribution is 7.89. The molecule has 0 aliphatic heterocycles. The van der Waals surface area contributed by atoms with Crippen LogP contribution in [-0.4, -0.2) is 45.7 Å². The van der Waals surface area contributed by atoms with Crippen molar-refractivity contribution >= 4 is 16.0 Å². The van der Waals surface area contributed by atoms with Crippen LogP contribution in [0.4, 0.5) is 0 Å². The van der Waals surface area contributed by atoms with Crippen molar-refractivity contribution in [3.05, 3.63) is 30.6 Å². The van der Waals surface area contributed by atoms with Gasteiger partial charge in [-0.25, -0.2) is 13.1 Å². The second kappa shape index (κ2) is 7.29. The zero-order valence-electron chi connectivity index (χ0n) is 12.5. The average molecular weight is 339 g/mol. The SMILES string of the molecule is CCCCC(NS(=O)(=O)c1cccc(-n2cnnn2)c1)C(=O)O. The van der Waals surface area contributed by atoms with Gasteiger partial charge in [0.2, 0.25) is 10.0 Å². The number of aromatic nitrogens is 4. The zero-order valence-corrected chi connectivity index (χ0v) is 13.3. The van der Waals surface area contributed by atoms with E-state index < -0.39 is 22.0 Å². The minimum absolute atomic E-state index is 0.0479. The Kier molecular flexibility index (Phi) is 5.40. The number of aliphatic carboxylic acids is 1. The van der Waals surface area contributed by atoms with Crippen molar-refractivity contribution in [2.24, 2.45) is 0 Å². The maximum atomic E-state index is 12.4. The summed E-state index contributed by atoms with van der Waals surface area (Å²) in [6.07, 6.45) is 2.96. The lowest BCUT2D eigenvalue weighted by atomic mass is 10.1. The average Bonchev–Trinajstić information content (AvgIpc) is 3.05. The van der Waals surface area contributed by atoms with Gasteiger partial charge in [-0.1, -0.05) is 25.8 Å². The number of carbonyl (C=O) groups is 1. The van der Waals surface area contributed by atoms with Gasteiger partial charge in [0, 0.05) is 0 Å². The summed E-state index contributed by atoms with van der Waals surface area (Å²) in [4.78, 5) is 11.2. The molecule has 0 saturated carbocycles. The first-order valence-electron chi connectivity index (χ1n) is 7.02. The van der Waals surface area contributed by atoms with Crippen molar-refractivity contribution in [1.82, 2.24) is 24.9 Å². The summed E-state index contributed by atoms with van der Waals surface area (Å²) in [5, 5.41) is 19.8. The Balaban J connectivity index is 2.25. The molecule has 23 heavy (non-hydrogen) atoms. The van der Waals surface area contributed by atoms with Crippen LogP contribution < -0.4 is 4.72 Å². The number of sulfonamides is 1. The van der Waals surface area contributed by atoms with Crippen molar-refractivity contribution < 1.29 is 18.3 Å². The fourth-order valence-electron chi connectivity index (χ4n) is 1.97. The van der Waals surface area contributed by atoms with E-state index in [-0.39, 0.29) is 11.3 Å². The molecule has 1 aromatic heterocycles. The predicted molar refractivity (Wildman–Crippen MR) is 80.4 cm³/mol. The fraction of sp³-hybridized carbons (Fsp3) is 0.385. The number of carboxylic acid groups (broad SMARTS) is 1. The first-order chi connectivity index (χ1) is 10.9. The molecule has 0 radical (unpaired) electrons. The van der Waals surface area contributed by atoms with E-state index in [1.807, 2.05) is 6.92 Å². The molecule has 2 rings (SSSR count). The number of carboxylic acids is 1. The third-order valence-electron chi connectivity index (χ3n) is 3.18. The van der Waals surface area contributed by atoms with Gasteiger partial charge >= 0.3 is 5.97 Å². The van der Waals surface area contributed by atoms with Gasteiger partial charge in [-0.2, -0.15) is 4.72 Å². The number of tetrazole rings is 1. The lowest BCUT2D eigenvalue weighted by Crippen LogP contribution is -2.40. The Morgan fingerprint density at radius 1 is 1.43 bits per heavy atom. The maximum absolute atomic E-state index is 12.4. The van der Waals surface area contributed by atoms with Crippen LogP contribution in [-0.2, 0) is 14.8 Å². The van der Waals surface area contributed by atoms with Gasteiger partial charge in [-0.05, 0) is 35.0 Å². The predicted octanol–water partition coefficient (Wildman–Crippen LogP) is 0.584. The van der Waals surface area contributed by atoms with Crippen molar-refractivity contribution in [2.75, 3.05) is 0 Å². The molecular formula is C13H17N5O4S. The molecule has 0 aliphatic rings. The molecule has 9 nitrogen and oxygen atoms in total. The molecule has 2 N–H and O–H groups in total. The van der Waals surface area contributed by atoms with Gasteiger partial charge < -0.3 is 5.11 Å². The molecule has 1 heterocycles. The quantitative estimate of drug-likeness (QED) is 0.720. The highest BCUT2D eigenvalue weighted by atomic mass is 32.2. The van der Waals surface area contributed by atoms with E-state index in [0.717, 1.165) is 6.42 Å². The van der Waals surface area contributed by atoms with Crippen LogP contribution in [0, 0.1) is 0 Å². The number of hydrogen-bond donors (Lipinski definition) is 2. The van der Waals surface area contributed by atoms with E-state index in [0.29, 0.717) is 12.1 Å². The summed E-state index contributed by atoms with van der Waals surface area (Å²) in [7, 11) is -3.96. The van der Waals surface area contributed by atoms with Gasteiger partial charge in [0.15, 0.2) is 0 Å². The molecule has 0 amide bonds. The van der Waals surface area contributed by atoms with Crippen LogP contribution in [0.5, 0.6) is 0 Å². The summed E-state index contributed by atoms with van der Waals surface area (Å²) in [6, 6.07) is 4.78. The van der Waals surface area contributed by atoms with Crippen LogP contribution >= 0.6 is 0 Å². The number of benzene rings is 1. The topological polar surface area (TPSA) is 127 Å². The molecule has 0 spiro atoms. The van der Waals surface area contributed by atoms with Crippen LogP contribution in [0.15, 0.2) is 35.5 Å². The molecule has 1 unspecified atom stereocenters. The highest BCUT2D eigenvalue weighted by Crippen LogP contribution is 2.15. The van der Waals surface area contributed by atoms with Crippen molar-refractivity contribution in [3.63, 3.8) is 0 Å². The molecule has 0 aliphatic carbocycles. The van der Waals surface area contributed by atoms with Crippen LogP contribution in [0.2, 0.25) is 0 Å². The Morgan fingerprint density at radius 2 is 2.22 bits per heavy atom. The Hall–Kier alpha value is -2.33. The molecule has 0 saturated heterocycles. The number of rotatable bonds is 8.